The predicted molar refractivity (Wildman–Crippen MR) is 91.6 cm³/mol. The molecule has 132 valence electrons. The van der Waals surface area contributed by atoms with Crippen molar-refractivity contribution >= 4 is 21.9 Å². The molecule has 2 aromatic rings. The summed E-state index contributed by atoms with van der Waals surface area (Å²) in [6.07, 6.45) is 0.135. The Morgan fingerprint density at radius 1 is 1.36 bits per heavy atom. The quantitative estimate of drug-likeness (QED) is 0.794. The summed E-state index contributed by atoms with van der Waals surface area (Å²) in [5.74, 6) is -2.94. The van der Waals surface area contributed by atoms with Crippen LogP contribution < -0.4 is 9.47 Å². The van der Waals surface area contributed by atoms with Crippen LogP contribution in [0.2, 0.25) is 0 Å². The van der Waals surface area contributed by atoms with Crippen molar-refractivity contribution in [2.75, 3.05) is 7.11 Å². The first-order valence-electron chi connectivity index (χ1n) is 7.64. The van der Waals surface area contributed by atoms with Crippen LogP contribution in [0.15, 0.2) is 34.8 Å². The van der Waals surface area contributed by atoms with Crippen LogP contribution in [0.25, 0.3) is 0 Å². The first-order chi connectivity index (χ1) is 11.8. The van der Waals surface area contributed by atoms with Gasteiger partial charge in [0.15, 0.2) is 11.6 Å². The number of carboxylic acids is 1. The minimum atomic E-state index is -1.97. The van der Waals surface area contributed by atoms with E-state index in [9.17, 15) is 19.4 Å². The number of benzene rings is 2. The van der Waals surface area contributed by atoms with E-state index in [1.165, 1.54) is 13.2 Å². The van der Waals surface area contributed by atoms with E-state index in [4.69, 9.17) is 9.47 Å². The molecule has 2 atom stereocenters. The molecular weight excluding hydrogens is 395 g/mol. The van der Waals surface area contributed by atoms with Crippen LogP contribution in [0.3, 0.4) is 0 Å². The normalized spacial score (nSPS) is 19.4. The summed E-state index contributed by atoms with van der Waals surface area (Å²) in [4.78, 5) is 11.8. The third-order valence-corrected chi connectivity index (χ3v) is 4.93. The molecule has 0 saturated carbocycles. The number of hydrogen-bond donors (Lipinski definition) is 2. The molecule has 1 aliphatic rings. The van der Waals surface area contributed by atoms with Gasteiger partial charge in [-0.15, -0.1) is 0 Å². The van der Waals surface area contributed by atoms with E-state index in [2.05, 4.69) is 15.9 Å². The molecule has 0 aliphatic carbocycles. The van der Waals surface area contributed by atoms with E-state index in [1.54, 1.807) is 25.1 Å². The molecule has 0 spiro atoms. The molecule has 0 fully saturated rings. The molecule has 5 nitrogen and oxygen atoms in total. The molecule has 0 bridgehead atoms. The minimum absolute atomic E-state index is 0.0317. The van der Waals surface area contributed by atoms with Gasteiger partial charge in [0, 0.05) is 21.7 Å². The van der Waals surface area contributed by atoms with Crippen molar-refractivity contribution in [1.82, 2.24) is 0 Å². The second kappa shape index (κ2) is 6.31. The highest BCUT2D eigenvalue weighted by Crippen LogP contribution is 2.53. The predicted octanol–water partition coefficient (Wildman–Crippen LogP) is 4.05. The number of methoxy groups -OCH3 is 1. The number of fused-ring (bicyclic) bond motifs is 2. The molecular formula is C18H16BrFO5. The number of halogens is 2. The monoisotopic (exact) mass is 410 g/mol. The summed E-state index contributed by atoms with van der Waals surface area (Å²) in [7, 11) is 1.36. The first-order valence-corrected chi connectivity index (χ1v) is 8.43. The number of aliphatic hydroxyl groups is 1. The van der Waals surface area contributed by atoms with Crippen LogP contribution in [0, 0.1) is 11.7 Å². The summed E-state index contributed by atoms with van der Waals surface area (Å²) < 4.78 is 25.9. The molecule has 1 heterocycles. The van der Waals surface area contributed by atoms with Crippen LogP contribution in [0.5, 0.6) is 17.2 Å². The van der Waals surface area contributed by atoms with Crippen LogP contribution >= 0.6 is 15.9 Å². The Morgan fingerprint density at radius 3 is 2.68 bits per heavy atom. The summed E-state index contributed by atoms with van der Waals surface area (Å²) in [6.45, 7) is 1.65. The van der Waals surface area contributed by atoms with Crippen LogP contribution in [-0.2, 0) is 10.4 Å². The Balaban J connectivity index is 2.38. The van der Waals surface area contributed by atoms with Gasteiger partial charge < -0.3 is 19.7 Å². The fourth-order valence-electron chi connectivity index (χ4n) is 3.24. The lowest BCUT2D eigenvalue weighted by Crippen LogP contribution is -2.43. The molecule has 0 amide bonds. The maximum absolute atomic E-state index is 14.5. The summed E-state index contributed by atoms with van der Waals surface area (Å²) >= 11 is 3.32. The number of rotatable bonds is 4. The van der Waals surface area contributed by atoms with Crippen LogP contribution in [0.4, 0.5) is 4.39 Å². The van der Waals surface area contributed by atoms with E-state index in [0.29, 0.717) is 4.47 Å². The van der Waals surface area contributed by atoms with Gasteiger partial charge in [0.1, 0.15) is 17.1 Å². The van der Waals surface area contributed by atoms with Gasteiger partial charge in [-0.1, -0.05) is 22.9 Å². The van der Waals surface area contributed by atoms with E-state index < -0.39 is 23.3 Å². The van der Waals surface area contributed by atoms with E-state index in [0.717, 1.165) is 6.07 Å². The van der Waals surface area contributed by atoms with Gasteiger partial charge in [-0.25, -0.2) is 4.39 Å². The van der Waals surface area contributed by atoms with E-state index >= 15 is 0 Å². The number of aliphatic carboxylic acids is 1. The molecule has 2 unspecified atom stereocenters. The van der Waals surface area contributed by atoms with Gasteiger partial charge in [0.2, 0.25) is 0 Å². The minimum Gasteiger partial charge on any atom is -0.497 e. The highest BCUT2D eigenvalue weighted by atomic mass is 79.9. The number of carbonyl (C=O) groups is 1. The van der Waals surface area contributed by atoms with Crippen molar-refractivity contribution in [3.05, 3.63) is 51.7 Å². The van der Waals surface area contributed by atoms with Gasteiger partial charge in [-0.05, 0) is 30.7 Å². The van der Waals surface area contributed by atoms with E-state index in [-0.39, 0.29) is 34.8 Å². The Labute approximate surface area is 152 Å². The second-order valence-corrected chi connectivity index (χ2v) is 6.71. The average molecular weight is 411 g/mol. The highest BCUT2D eigenvalue weighted by Gasteiger charge is 2.50. The SMILES string of the molecule is CCC(C(=O)O)C1(O)c2cc(Br)ccc2Oc2c(F)cc(OC)cc21. The third-order valence-electron chi connectivity index (χ3n) is 4.44. The summed E-state index contributed by atoms with van der Waals surface area (Å²) in [5.41, 5.74) is -1.68. The topological polar surface area (TPSA) is 76.0 Å². The molecule has 2 aromatic carbocycles. The molecule has 7 heteroatoms. The lowest BCUT2D eigenvalue weighted by Gasteiger charge is -2.39. The van der Waals surface area contributed by atoms with Gasteiger partial charge in [-0.2, -0.15) is 0 Å². The van der Waals surface area contributed by atoms with Crippen LogP contribution in [0.1, 0.15) is 24.5 Å². The smallest absolute Gasteiger partial charge is 0.310 e. The molecule has 1 aliphatic heterocycles. The average Bonchev–Trinajstić information content (AvgIpc) is 2.56. The van der Waals surface area contributed by atoms with Crippen molar-refractivity contribution in [3.63, 3.8) is 0 Å². The number of hydrogen-bond acceptors (Lipinski definition) is 4. The van der Waals surface area contributed by atoms with Gasteiger partial charge >= 0.3 is 5.97 Å². The highest BCUT2D eigenvalue weighted by molar-refractivity contribution is 9.10. The molecule has 3 rings (SSSR count). The fraction of sp³-hybridized carbons (Fsp3) is 0.278. The molecule has 2 N–H and O–H groups in total. The van der Waals surface area contributed by atoms with Gasteiger partial charge in [0.05, 0.1) is 13.0 Å². The number of carboxylic acid groups (broad SMARTS) is 1. The fourth-order valence-corrected chi connectivity index (χ4v) is 3.60. The standard InChI is InChI=1S/C18H16BrFO5/c1-3-11(17(21)22)18(23)12-6-9(19)4-5-15(12)25-16-13(18)7-10(24-2)8-14(16)20/h4-8,11,23H,3H2,1-2H3,(H,21,22). The van der Waals surface area contributed by atoms with Crippen molar-refractivity contribution in [2.45, 2.75) is 18.9 Å². The lowest BCUT2D eigenvalue weighted by molar-refractivity contribution is -0.150. The zero-order valence-corrected chi connectivity index (χ0v) is 15.1. The maximum atomic E-state index is 14.5. The Hall–Kier alpha value is -2.12. The zero-order valence-electron chi connectivity index (χ0n) is 13.5. The molecule has 25 heavy (non-hydrogen) atoms. The van der Waals surface area contributed by atoms with E-state index in [1.807, 2.05) is 0 Å². The summed E-state index contributed by atoms with van der Waals surface area (Å²) in [5, 5.41) is 21.2. The maximum Gasteiger partial charge on any atom is 0.310 e. The van der Waals surface area contributed by atoms with Gasteiger partial charge in [-0.3, -0.25) is 4.79 Å². The lowest BCUT2D eigenvalue weighted by atomic mass is 9.73. The molecule has 0 saturated heterocycles. The Bertz CT molecular complexity index is 854. The van der Waals surface area contributed by atoms with Crippen molar-refractivity contribution < 1.29 is 28.9 Å². The number of ether oxygens (including phenoxy) is 2. The third kappa shape index (κ3) is 2.67. The molecule has 0 radical (unpaired) electrons. The van der Waals surface area contributed by atoms with Crippen molar-refractivity contribution in [1.29, 1.82) is 0 Å². The van der Waals surface area contributed by atoms with Crippen molar-refractivity contribution in [3.8, 4) is 17.2 Å². The van der Waals surface area contributed by atoms with Crippen LogP contribution in [-0.4, -0.2) is 23.3 Å². The Kier molecular flexibility index (Phi) is 4.47. The molecule has 0 aromatic heterocycles. The first kappa shape index (κ1) is 17.7. The second-order valence-electron chi connectivity index (χ2n) is 5.79. The van der Waals surface area contributed by atoms with Crippen molar-refractivity contribution in [2.24, 2.45) is 5.92 Å². The Morgan fingerprint density at radius 2 is 2.08 bits per heavy atom. The summed E-state index contributed by atoms with van der Waals surface area (Å²) in [6, 6.07) is 7.36. The largest absolute Gasteiger partial charge is 0.497 e. The zero-order chi connectivity index (χ0) is 18.4. The van der Waals surface area contributed by atoms with Gasteiger partial charge in [0.25, 0.3) is 0 Å².